The topological polar surface area (TPSA) is 33.1 Å². The average Bonchev–Trinajstić information content (AvgIpc) is 2.29. The van der Waals surface area contributed by atoms with E-state index in [0.717, 1.165) is 6.20 Å². The van der Waals surface area contributed by atoms with Gasteiger partial charge in [-0.05, 0) is 12.1 Å². The van der Waals surface area contributed by atoms with E-state index in [9.17, 15) is 9.50 Å². The van der Waals surface area contributed by atoms with Gasteiger partial charge in [0.2, 0.25) is 0 Å². The first-order chi connectivity index (χ1) is 8.15. The smallest absolute Gasteiger partial charge is 0.147 e. The first-order valence-corrected chi connectivity index (χ1v) is 5.58. The molecule has 17 heavy (non-hydrogen) atoms. The fraction of sp³-hybridized carbons (Fsp3) is 0.0833. The quantitative estimate of drug-likeness (QED) is 0.904. The van der Waals surface area contributed by atoms with Gasteiger partial charge in [0.05, 0.1) is 12.8 Å². The molecule has 0 saturated carbocycles. The van der Waals surface area contributed by atoms with E-state index in [1.807, 2.05) is 0 Å². The van der Waals surface area contributed by atoms with E-state index in [1.54, 1.807) is 18.2 Å². The standard InChI is InChI=1S/C12H8Cl2FNO/c13-9-2-1-3-10(14)12(9)7-4-16-5-11(15)8(7)6-17/h1-5,17H,6H2. The van der Waals surface area contributed by atoms with Crippen LogP contribution < -0.4 is 0 Å². The molecule has 0 aliphatic carbocycles. The van der Waals surface area contributed by atoms with Gasteiger partial charge in [-0.1, -0.05) is 29.3 Å². The van der Waals surface area contributed by atoms with Gasteiger partial charge in [-0.15, -0.1) is 0 Å². The van der Waals surface area contributed by atoms with Crippen LogP contribution in [0.3, 0.4) is 0 Å². The lowest BCUT2D eigenvalue weighted by Gasteiger charge is -2.11. The SMILES string of the molecule is OCc1c(F)cncc1-c1c(Cl)cccc1Cl. The summed E-state index contributed by atoms with van der Waals surface area (Å²) in [5.41, 5.74) is 1.02. The van der Waals surface area contributed by atoms with Crippen LogP contribution in [0, 0.1) is 5.82 Å². The van der Waals surface area contributed by atoms with Crippen molar-refractivity contribution < 1.29 is 9.50 Å². The van der Waals surface area contributed by atoms with E-state index < -0.39 is 12.4 Å². The Morgan fingerprint density at radius 2 is 1.82 bits per heavy atom. The van der Waals surface area contributed by atoms with E-state index in [1.165, 1.54) is 6.20 Å². The third-order valence-corrected chi connectivity index (χ3v) is 3.03. The number of aliphatic hydroxyl groups excluding tert-OH is 1. The molecule has 0 fully saturated rings. The summed E-state index contributed by atoms with van der Waals surface area (Å²) >= 11 is 12.1. The third-order valence-electron chi connectivity index (χ3n) is 2.40. The molecule has 0 atom stereocenters. The Bertz CT molecular complexity index is 540. The Balaban J connectivity index is 2.73. The second-order valence-electron chi connectivity index (χ2n) is 3.40. The van der Waals surface area contributed by atoms with Crippen LogP contribution in [-0.2, 0) is 6.61 Å². The Morgan fingerprint density at radius 3 is 2.41 bits per heavy atom. The predicted molar refractivity (Wildman–Crippen MR) is 65.6 cm³/mol. The number of rotatable bonds is 2. The molecule has 0 aliphatic rings. The Hall–Kier alpha value is -1.16. The van der Waals surface area contributed by atoms with Crippen LogP contribution >= 0.6 is 23.2 Å². The average molecular weight is 272 g/mol. The summed E-state index contributed by atoms with van der Waals surface area (Å²) in [7, 11) is 0. The van der Waals surface area contributed by atoms with Crippen LogP contribution in [0.25, 0.3) is 11.1 Å². The molecule has 0 amide bonds. The fourth-order valence-corrected chi connectivity index (χ4v) is 2.19. The summed E-state index contributed by atoms with van der Waals surface area (Å²) in [5.74, 6) is -0.582. The second kappa shape index (κ2) is 5.00. The largest absolute Gasteiger partial charge is 0.392 e. The monoisotopic (exact) mass is 271 g/mol. The molecule has 2 nitrogen and oxygen atoms in total. The summed E-state index contributed by atoms with van der Waals surface area (Å²) < 4.78 is 13.5. The lowest BCUT2D eigenvalue weighted by Crippen LogP contribution is -1.97. The van der Waals surface area contributed by atoms with Crippen LogP contribution in [0.2, 0.25) is 10.0 Å². The van der Waals surface area contributed by atoms with Crippen molar-refractivity contribution in [1.29, 1.82) is 0 Å². The fourth-order valence-electron chi connectivity index (χ4n) is 1.59. The number of aromatic nitrogens is 1. The molecule has 0 bridgehead atoms. The van der Waals surface area contributed by atoms with Crippen molar-refractivity contribution in [3.8, 4) is 11.1 Å². The van der Waals surface area contributed by atoms with Gasteiger partial charge in [-0.25, -0.2) is 4.39 Å². The number of halogens is 3. The van der Waals surface area contributed by atoms with E-state index in [-0.39, 0.29) is 5.56 Å². The van der Waals surface area contributed by atoms with Crippen LogP contribution in [0.5, 0.6) is 0 Å². The zero-order chi connectivity index (χ0) is 12.4. The molecule has 88 valence electrons. The summed E-state index contributed by atoms with van der Waals surface area (Å²) in [6.07, 6.45) is 2.47. The molecule has 1 heterocycles. The number of pyridine rings is 1. The maximum absolute atomic E-state index is 13.5. The van der Waals surface area contributed by atoms with Gasteiger partial charge < -0.3 is 5.11 Å². The van der Waals surface area contributed by atoms with Crippen LogP contribution in [0.4, 0.5) is 4.39 Å². The molecule has 0 saturated heterocycles. The van der Waals surface area contributed by atoms with Gasteiger partial charge in [0.15, 0.2) is 0 Å². The molecule has 0 radical (unpaired) electrons. The van der Waals surface area contributed by atoms with Crippen molar-refractivity contribution in [2.24, 2.45) is 0 Å². The number of hydrogen-bond acceptors (Lipinski definition) is 2. The van der Waals surface area contributed by atoms with Gasteiger partial charge in [0, 0.05) is 32.9 Å². The predicted octanol–water partition coefficient (Wildman–Crippen LogP) is 3.69. The summed E-state index contributed by atoms with van der Waals surface area (Å²) in [5, 5.41) is 9.97. The van der Waals surface area contributed by atoms with Crippen LogP contribution in [-0.4, -0.2) is 10.1 Å². The number of benzene rings is 1. The Kier molecular flexibility index (Phi) is 3.62. The van der Waals surface area contributed by atoms with Crippen molar-refractivity contribution >= 4 is 23.2 Å². The molecule has 2 rings (SSSR count). The zero-order valence-corrected chi connectivity index (χ0v) is 10.1. The normalized spacial score (nSPS) is 10.6. The van der Waals surface area contributed by atoms with E-state index in [4.69, 9.17) is 23.2 Å². The maximum Gasteiger partial charge on any atom is 0.147 e. The lowest BCUT2D eigenvalue weighted by atomic mass is 10.0. The molecule has 1 aromatic carbocycles. The van der Waals surface area contributed by atoms with Gasteiger partial charge >= 0.3 is 0 Å². The van der Waals surface area contributed by atoms with Crippen LogP contribution in [0.15, 0.2) is 30.6 Å². The molecular formula is C12H8Cl2FNO. The van der Waals surface area contributed by atoms with Crippen LogP contribution in [0.1, 0.15) is 5.56 Å². The van der Waals surface area contributed by atoms with Gasteiger partial charge in [-0.2, -0.15) is 0 Å². The van der Waals surface area contributed by atoms with Crippen molar-refractivity contribution in [1.82, 2.24) is 4.98 Å². The Morgan fingerprint density at radius 1 is 1.18 bits per heavy atom. The Labute approximate surface area is 108 Å². The summed E-state index contributed by atoms with van der Waals surface area (Å²) in [6, 6.07) is 4.99. The van der Waals surface area contributed by atoms with Gasteiger partial charge in [0.25, 0.3) is 0 Å². The zero-order valence-electron chi connectivity index (χ0n) is 8.62. The third kappa shape index (κ3) is 2.27. The highest BCUT2D eigenvalue weighted by Crippen LogP contribution is 2.36. The maximum atomic E-state index is 13.5. The minimum Gasteiger partial charge on any atom is -0.392 e. The van der Waals surface area contributed by atoms with Gasteiger partial charge in [0.1, 0.15) is 5.82 Å². The number of hydrogen-bond donors (Lipinski definition) is 1. The molecule has 0 aliphatic heterocycles. The van der Waals surface area contributed by atoms with Crippen molar-refractivity contribution in [2.75, 3.05) is 0 Å². The highest BCUT2D eigenvalue weighted by atomic mass is 35.5. The van der Waals surface area contributed by atoms with E-state index in [0.29, 0.717) is 21.2 Å². The van der Waals surface area contributed by atoms with Crippen molar-refractivity contribution in [2.45, 2.75) is 6.61 Å². The van der Waals surface area contributed by atoms with E-state index >= 15 is 0 Å². The van der Waals surface area contributed by atoms with E-state index in [2.05, 4.69) is 4.98 Å². The molecule has 2 aromatic rings. The molecule has 5 heteroatoms. The molecular weight excluding hydrogens is 264 g/mol. The second-order valence-corrected chi connectivity index (χ2v) is 4.22. The molecule has 1 aromatic heterocycles. The lowest BCUT2D eigenvalue weighted by molar-refractivity contribution is 0.276. The highest BCUT2D eigenvalue weighted by molar-refractivity contribution is 6.39. The number of aliphatic hydroxyl groups is 1. The minimum atomic E-state index is -0.582. The van der Waals surface area contributed by atoms with Crippen molar-refractivity contribution in [3.63, 3.8) is 0 Å². The molecule has 0 unspecified atom stereocenters. The van der Waals surface area contributed by atoms with Crippen molar-refractivity contribution in [3.05, 3.63) is 52.0 Å². The molecule has 1 N–H and O–H groups in total. The highest BCUT2D eigenvalue weighted by Gasteiger charge is 2.15. The number of nitrogens with zero attached hydrogens (tertiary/aromatic N) is 1. The minimum absolute atomic E-state index is 0.134. The van der Waals surface area contributed by atoms with Gasteiger partial charge in [-0.3, -0.25) is 4.98 Å². The summed E-state index contributed by atoms with van der Waals surface area (Å²) in [4.78, 5) is 3.75. The molecule has 0 spiro atoms. The first kappa shape index (κ1) is 12.3. The first-order valence-electron chi connectivity index (χ1n) is 4.82. The summed E-state index contributed by atoms with van der Waals surface area (Å²) in [6.45, 7) is -0.439.